The average Bonchev–Trinajstić information content (AvgIpc) is 2.26. The van der Waals surface area contributed by atoms with E-state index in [-0.39, 0.29) is 11.5 Å². The van der Waals surface area contributed by atoms with Gasteiger partial charge in [0, 0.05) is 16.5 Å². The molecule has 0 unspecified atom stereocenters. The van der Waals surface area contributed by atoms with Crippen LogP contribution in [0.2, 0.25) is 0 Å². The molecule has 1 aromatic carbocycles. The van der Waals surface area contributed by atoms with Gasteiger partial charge in [-0.15, -0.1) is 0 Å². The molecule has 2 rings (SSSR count). The molecule has 0 aliphatic carbocycles. The molecule has 0 fully saturated rings. The van der Waals surface area contributed by atoms with Gasteiger partial charge in [-0.1, -0.05) is 28.1 Å². The summed E-state index contributed by atoms with van der Waals surface area (Å²) >= 11 is 3.37. The molecule has 88 valence electrons. The molecule has 1 aromatic heterocycles. The number of aryl methyl sites for hydroxylation is 1. The lowest BCUT2D eigenvalue weighted by atomic mass is 10.1. The van der Waals surface area contributed by atoms with Gasteiger partial charge in [0.25, 0.3) is 5.56 Å². The zero-order chi connectivity index (χ0) is 12.4. The lowest BCUT2D eigenvalue weighted by molar-refractivity contribution is 0.991. The summed E-state index contributed by atoms with van der Waals surface area (Å²) in [7, 11) is 0. The summed E-state index contributed by atoms with van der Waals surface area (Å²) in [4.78, 5) is 18.3. The molecule has 0 saturated carbocycles. The molecule has 2 aromatic rings. The molecule has 4 nitrogen and oxygen atoms in total. The number of nitrogens with two attached hydrogens (primary N) is 1. The Balaban J connectivity index is 2.36. The van der Waals surface area contributed by atoms with Gasteiger partial charge in [0.15, 0.2) is 0 Å². The molecule has 0 radical (unpaired) electrons. The largest absolute Gasteiger partial charge is 0.369 e. The van der Waals surface area contributed by atoms with E-state index in [2.05, 4.69) is 25.9 Å². The minimum atomic E-state index is -0.169. The first-order chi connectivity index (χ1) is 8.06. The maximum atomic E-state index is 11.7. The van der Waals surface area contributed by atoms with Gasteiger partial charge in [-0.25, -0.2) is 4.98 Å². The van der Waals surface area contributed by atoms with E-state index >= 15 is 0 Å². The van der Waals surface area contributed by atoms with Crippen LogP contribution in [-0.2, 0) is 6.42 Å². The Bertz CT molecular complexity index is 590. The summed E-state index contributed by atoms with van der Waals surface area (Å²) in [6.07, 6.45) is 0.557. The van der Waals surface area contributed by atoms with E-state index < -0.39 is 0 Å². The molecule has 0 aliphatic heterocycles. The fourth-order valence-electron chi connectivity index (χ4n) is 1.65. The van der Waals surface area contributed by atoms with Crippen LogP contribution in [0, 0.1) is 6.92 Å². The van der Waals surface area contributed by atoms with Crippen molar-refractivity contribution < 1.29 is 0 Å². The molecule has 3 N–H and O–H groups in total. The minimum absolute atomic E-state index is 0.159. The number of benzene rings is 1. The lowest BCUT2D eigenvalue weighted by Gasteiger charge is -2.05. The Morgan fingerprint density at radius 2 is 2.00 bits per heavy atom. The van der Waals surface area contributed by atoms with Crippen molar-refractivity contribution in [2.45, 2.75) is 13.3 Å². The van der Waals surface area contributed by atoms with Crippen molar-refractivity contribution in [2.24, 2.45) is 0 Å². The number of nitrogens with zero attached hydrogens (tertiary/aromatic N) is 1. The third-order valence-electron chi connectivity index (χ3n) is 2.53. The number of rotatable bonds is 2. The number of aromatic nitrogens is 2. The van der Waals surface area contributed by atoms with Crippen LogP contribution in [0.25, 0.3) is 0 Å². The van der Waals surface area contributed by atoms with Crippen LogP contribution in [0.15, 0.2) is 33.5 Å². The van der Waals surface area contributed by atoms with Crippen LogP contribution >= 0.6 is 15.9 Å². The third kappa shape index (κ3) is 2.74. The highest BCUT2D eigenvalue weighted by atomic mass is 79.9. The van der Waals surface area contributed by atoms with Crippen molar-refractivity contribution in [1.82, 2.24) is 9.97 Å². The van der Waals surface area contributed by atoms with Crippen LogP contribution in [0.3, 0.4) is 0 Å². The standard InChI is InChI=1S/C12H12BrN3O/c1-7-10(11(17)16-12(14)15-7)6-8-2-4-9(13)5-3-8/h2-5H,6H2,1H3,(H3,14,15,16,17). The highest BCUT2D eigenvalue weighted by molar-refractivity contribution is 9.10. The molecule has 0 atom stereocenters. The quantitative estimate of drug-likeness (QED) is 0.890. The fraction of sp³-hybridized carbons (Fsp3) is 0.167. The maximum Gasteiger partial charge on any atom is 0.256 e. The van der Waals surface area contributed by atoms with Crippen LogP contribution in [0.4, 0.5) is 5.95 Å². The average molecular weight is 294 g/mol. The molecular weight excluding hydrogens is 282 g/mol. The highest BCUT2D eigenvalue weighted by Gasteiger charge is 2.07. The number of anilines is 1. The lowest BCUT2D eigenvalue weighted by Crippen LogP contribution is -2.18. The van der Waals surface area contributed by atoms with E-state index in [1.165, 1.54) is 0 Å². The van der Waals surface area contributed by atoms with E-state index in [0.29, 0.717) is 17.7 Å². The zero-order valence-corrected chi connectivity index (χ0v) is 10.9. The smallest absolute Gasteiger partial charge is 0.256 e. The normalized spacial score (nSPS) is 10.5. The van der Waals surface area contributed by atoms with Gasteiger partial charge in [-0.3, -0.25) is 9.78 Å². The van der Waals surface area contributed by atoms with E-state index in [9.17, 15) is 4.79 Å². The van der Waals surface area contributed by atoms with E-state index in [1.54, 1.807) is 6.92 Å². The first-order valence-corrected chi connectivity index (χ1v) is 5.95. The summed E-state index contributed by atoms with van der Waals surface area (Å²) in [5, 5.41) is 0. The maximum absolute atomic E-state index is 11.7. The van der Waals surface area contributed by atoms with Crippen LogP contribution < -0.4 is 11.3 Å². The Morgan fingerprint density at radius 3 is 2.59 bits per heavy atom. The van der Waals surface area contributed by atoms with Gasteiger partial charge in [-0.05, 0) is 24.6 Å². The number of H-pyrrole nitrogens is 1. The summed E-state index contributed by atoms with van der Waals surface area (Å²) in [5.41, 5.74) is 7.69. The molecule has 0 amide bonds. The first kappa shape index (κ1) is 11.9. The van der Waals surface area contributed by atoms with Gasteiger partial charge in [0.1, 0.15) is 0 Å². The van der Waals surface area contributed by atoms with Crippen molar-refractivity contribution in [2.75, 3.05) is 5.73 Å². The van der Waals surface area contributed by atoms with Gasteiger partial charge in [-0.2, -0.15) is 0 Å². The summed E-state index contributed by atoms with van der Waals surface area (Å²) in [6, 6.07) is 7.84. The Kier molecular flexibility index (Phi) is 3.28. The number of nitrogens with one attached hydrogen (secondary N) is 1. The Morgan fingerprint density at radius 1 is 1.35 bits per heavy atom. The molecule has 0 spiro atoms. The SMILES string of the molecule is Cc1nc(N)[nH]c(=O)c1Cc1ccc(Br)cc1. The summed E-state index contributed by atoms with van der Waals surface area (Å²) < 4.78 is 1.02. The highest BCUT2D eigenvalue weighted by Crippen LogP contribution is 2.13. The number of hydrogen-bond acceptors (Lipinski definition) is 3. The second-order valence-corrected chi connectivity index (χ2v) is 4.73. The fourth-order valence-corrected chi connectivity index (χ4v) is 1.91. The van der Waals surface area contributed by atoms with Crippen LogP contribution in [0.5, 0.6) is 0 Å². The number of hydrogen-bond donors (Lipinski definition) is 2. The van der Waals surface area contributed by atoms with Crippen molar-refractivity contribution in [3.8, 4) is 0 Å². The second kappa shape index (κ2) is 4.71. The molecule has 0 aliphatic rings. The van der Waals surface area contributed by atoms with Crippen molar-refractivity contribution in [3.63, 3.8) is 0 Å². The van der Waals surface area contributed by atoms with Gasteiger partial charge >= 0.3 is 0 Å². The molecule has 5 heteroatoms. The molecule has 17 heavy (non-hydrogen) atoms. The molecular formula is C12H12BrN3O. The predicted molar refractivity (Wildman–Crippen MR) is 71.0 cm³/mol. The summed E-state index contributed by atoms with van der Waals surface area (Å²) in [6.45, 7) is 1.79. The predicted octanol–water partition coefficient (Wildman–Crippen LogP) is 2.01. The molecule has 0 saturated heterocycles. The van der Waals surface area contributed by atoms with Crippen molar-refractivity contribution in [3.05, 3.63) is 55.9 Å². The second-order valence-electron chi connectivity index (χ2n) is 3.82. The zero-order valence-electron chi connectivity index (χ0n) is 9.33. The Hall–Kier alpha value is -1.62. The first-order valence-electron chi connectivity index (χ1n) is 5.16. The van der Waals surface area contributed by atoms with E-state index in [1.807, 2.05) is 24.3 Å². The Labute approximate surface area is 107 Å². The summed E-state index contributed by atoms with van der Waals surface area (Å²) in [5.74, 6) is 0.159. The number of halogens is 1. The number of nitrogen functional groups attached to an aromatic ring is 1. The molecule has 1 heterocycles. The van der Waals surface area contributed by atoms with Gasteiger partial charge < -0.3 is 5.73 Å². The van der Waals surface area contributed by atoms with Crippen LogP contribution in [0.1, 0.15) is 16.8 Å². The minimum Gasteiger partial charge on any atom is -0.369 e. The third-order valence-corrected chi connectivity index (χ3v) is 3.06. The van der Waals surface area contributed by atoms with E-state index in [4.69, 9.17) is 5.73 Å². The monoisotopic (exact) mass is 293 g/mol. The van der Waals surface area contributed by atoms with Crippen molar-refractivity contribution in [1.29, 1.82) is 0 Å². The number of aromatic amines is 1. The van der Waals surface area contributed by atoms with E-state index in [0.717, 1.165) is 10.0 Å². The van der Waals surface area contributed by atoms with Gasteiger partial charge in [0.2, 0.25) is 5.95 Å². The molecule has 0 bridgehead atoms. The van der Waals surface area contributed by atoms with Gasteiger partial charge in [0.05, 0.1) is 5.69 Å². The topological polar surface area (TPSA) is 71.8 Å². The van der Waals surface area contributed by atoms with Crippen LogP contribution in [-0.4, -0.2) is 9.97 Å². The van der Waals surface area contributed by atoms with Crippen molar-refractivity contribution >= 4 is 21.9 Å².